The van der Waals surface area contributed by atoms with Gasteiger partial charge in [-0.15, -0.1) is 0 Å². The lowest BCUT2D eigenvalue weighted by Crippen LogP contribution is -2.11. The molecule has 0 radical (unpaired) electrons. The van der Waals surface area contributed by atoms with E-state index >= 15 is 0 Å². The maximum atomic E-state index is 6.21. The van der Waals surface area contributed by atoms with E-state index in [1.54, 1.807) is 0 Å². The van der Waals surface area contributed by atoms with Gasteiger partial charge >= 0.3 is 0 Å². The molecule has 1 aromatic carbocycles. The van der Waals surface area contributed by atoms with Crippen molar-refractivity contribution in [3.05, 3.63) is 30.1 Å². The Hall–Kier alpha value is -1.79. The highest BCUT2D eigenvalue weighted by molar-refractivity contribution is 7.99. The minimum Gasteiger partial charge on any atom is -0.382 e. The average molecular weight is 387 g/mol. The molecule has 146 valence electrons. The van der Waals surface area contributed by atoms with Crippen molar-refractivity contribution >= 4 is 39.5 Å². The van der Waals surface area contributed by atoms with Crippen LogP contribution >= 0.6 is 11.8 Å². The first-order valence-electron chi connectivity index (χ1n) is 9.84. The van der Waals surface area contributed by atoms with Crippen molar-refractivity contribution in [2.45, 2.75) is 51.8 Å². The molecular weight excluding hydrogens is 356 g/mol. The lowest BCUT2D eigenvalue weighted by molar-refractivity contribution is 0.127. The van der Waals surface area contributed by atoms with E-state index in [0.717, 1.165) is 65.9 Å². The summed E-state index contributed by atoms with van der Waals surface area (Å²) in [7, 11) is 0. The Morgan fingerprint density at radius 3 is 2.78 bits per heavy atom. The third kappa shape index (κ3) is 4.74. The van der Waals surface area contributed by atoms with Crippen LogP contribution in [-0.2, 0) is 17.7 Å². The number of aromatic nitrogens is 3. The number of para-hydroxylation sites is 1. The van der Waals surface area contributed by atoms with E-state index in [2.05, 4.69) is 36.4 Å². The van der Waals surface area contributed by atoms with Crippen LogP contribution in [-0.4, -0.2) is 38.8 Å². The van der Waals surface area contributed by atoms with Crippen LogP contribution in [0, 0.1) is 0 Å². The molecule has 0 saturated carbocycles. The van der Waals surface area contributed by atoms with Gasteiger partial charge in [0.1, 0.15) is 11.3 Å². The summed E-state index contributed by atoms with van der Waals surface area (Å²) >= 11 is 1.98. The number of hydrogen-bond acceptors (Lipinski definition) is 5. The number of nitrogens with two attached hydrogens (primary N) is 1. The zero-order chi connectivity index (χ0) is 19.2. The van der Waals surface area contributed by atoms with E-state index < -0.39 is 0 Å². The first-order valence-corrected chi connectivity index (χ1v) is 10.9. The van der Waals surface area contributed by atoms with Crippen LogP contribution in [0.3, 0.4) is 0 Å². The maximum absolute atomic E-state index is 6.21. The van der Waals surface area contributed by atoms with E-state index in [0.29, 0.717) is 17.7 Å². The standard InChI is InChI=1S/C21H30N4OS/c1-4-8-18-24-19-20(16-9-5-6-10-17(16)23-21(19)22)25(18)11-13-26-12-7-14-27-15(2)3/h5-6,9-10,15H,4,7-8,11-14H2,1-3H3,(H2,22,23). The van der Waals surface area contributed by atoms with Gasteiger partial charge in [-0.05, 0) is 29.9 Å². The van der Waals surface area contributed by atoms with Crippen LogP contribution in [0.15, 0.2) is 24.3 Å². The molecule has 27 heavy (non-hydrogen) atoms. The summed E-state index contributed by atoms with van der Waals surface area (Å²) in [6.45, 7) is 8.92. The third-order valence-electron chi connectivity index (χ3n) is 4.51. The number of hydrogen-bond donors (Lipinski definition) is 1. The van der Waals surface area contributed by atoms with Crippen molar-refractivity contribution in [1.29, 1.82) is 0 Å². The van der Waals surface area contributed by atoms with Crippen molar-refractivity contribution in [3.63, 3.8) is 0 Å². The van der Waals surface area contributed by atoms with Gasteiger partial charge in [0, 0.05) is 25.0 Å². The number of nitrogen functional groups attached to an aromatic ring is 1. The molecule has 3 aromatic rings. The molecule has 0 fully saturated rings. The van der Waals surface area contributed by atoms with Crippen molar-refractivity contribution in [2.24, 2.45) is 0 Å². The number of pyridine rings is 1. The summed E-state index contributed by atoms with van der Waals surface area (Å²) in [6, 6.07) is 8.14. The molecule has 0 bridgehead atoms. The molecule has 0 atom stereocenters. The highest BCUT2D eigenvalue weighted by Crippen LogP contribution is 2.29. The Kier molecular flexibility index (Phi) is 6.96. The van der Waals surface area contributed by atoms with Crippen molar-refractivity contribution in [2.75, 3.05) is 24.7 Å². The van der Waals surface area contributed by atoms with Gasteiger partial charge in [-0.1, -0.05) is 39.0 Å². The zero-order valence-electron chi connectivity index (χ0n) is 16.6. The van der Waals surface area contributed by atoms with Crippen LogP contribution in [0.5, 0.6) is 0 Å². The van der Waals surface area contributed by atoms with Gasteiger partial charge in [0.15, 0.2) is 5.82 Å². The molecule has 0 unspecified atom stereocenters. The van der Waals surface area contributed by atoms with Crippen molar-refractivity contribution < 1.29 is 4.74 Å². The Labute approximate surface area is 165 Å². The maximum Gasteiger partial charge on any atom is 0.152 e. The molecule has 2 N–H and O–H groups in total. The predicted octanol–water partition coefficient (Wildman–Crippen LogP) is 4.67. The van der Waals surface area contributed by atoms with Crippen LogP contribution in [0.4, 0.5) is 5.82 Å². The van der Waals surface area contributed by atoms with Crippen molar-refractivity contribution in [1.82, 2.24) is 14.5 Å². The normalized spacial score (nSPS) is 11.9. The molecule has 3 rings (SSSR count). The van der Waals surface area contributed by atoms with Gasteiger partial charge in [-0.2, -0.15) is 11.8 Å². The molecule has 0 amide bonds. The topological polar surface area (TPSA) is 66.0 Å². The van der Waals surface area contributed by atoms with E-state index in [9.17, 15) is 0 Å². The zero-order valence-corrected chi connectivity index (χ0v) is 17.4. The number of benzene rings is 1. The fourth-order valence-electron chi connectivity index (χ4n) is 3.30. The second-order valence-electron chi connectivity index (χ2n) is 7.03. The molecular formula is C21H30N4OS. The minimum atomic E-state index is 0.506. The van der Waals surface area contributed by atoms with Crippen LogP contribution in [0.2, 0.25) is 0 Å². The number of imidazole rings is 1. The van der Waals surface area contributed by atoms with Gasteiger partial charge in [0.25, 0.3) is 0 Å². The van der Waals surface area contributed by atoms with E-state index in [-0.39, 0.29) is 0 Å². The first kappa shape index (κ1) is 20.0. The monoisotopic (exact) mass is 386 g/mol. The molecule has 0 aliphatic carbocycles. The Morgan fingerprint density at radius 2 is 2.00 bits per heavy atom. The lowest BCUT2D eigenvalue weighted by Gasteiger charge is -2.11. The first-order chi connectivity index (χ1) is 13.1. The van der Waals surface area contributed by atoms with Gasteiger partial charge in [-0.3, -0.25) is 0 Å². The van der Waals surface area contributed by atoms with E-state index in [4.69, 9.17) is 15.5 Å². The SMILES string of the molecule is CCCc1nc2c(N)nc3ccccc3c2n1CCOCCCSC(C)C. The van der Waals surface area contributed by atoms with Gasteiger partial charge in [0.05, 0.1) is 17.6 Å². The molecule has 0 aliphatic rings. The summed E-state index contributed by atoms with van der Waals surface area (Å²) in [4.78, 5) is 9.35. The molecule has 6 heteroatoms. The summed E-state index contributed by atoms with van der Waals surface area (Å²) < 4.78 is 8.18. The van der Waals surface area contributed by atoms with Gasteiger partial charge < -0.3 is 15.0 Å². The number of rotatable bonds is 10. The van der Waals surface area contributed by atoms with Crippen LogP contribution in [0.25, 0.3) is 21.9 Å². The van der Waals surface area contributed by atoms with E-state index in [1.165, 1.54) is 0 Å². The molecule has 5 nitrogen and oxygen atoms in total. The quantitative estimate of drug-likeness (QED) is 0.513. The lowest BCUT2D eigenvalue weighted by atomic mass is 10.2. The molecule has 0 aliphatic heterocycles. The largest absolute Gasteiger partial charge is 0.382 e. The molecule has 0 saturated heterocycles. The van der Waals surface area contributed by atoms with Gasteiger partial charge in [-0.25, -0.2) is 9.97 Å². The summed E-state index contributed by atoms with van der Waals surface area (Å²) in [6.07, 6.45) is 3.06. The van der Waals surface area contributed by atoms with Crippen LogP contribution < -0.4 is 5.73 Å². The number of anilines is 1. The number of ether oxygens (including phenoxy) is 1. The fourth-order valence-corrected chi connectivity index (χ4v) is 4.05. The second kappa shape index (κ2) is 9.42. The molecule has 2 heterocycles. The smallest absolute Gasteiger partial charge is 0.152 e. The number of fused-ring (bicyclic) bond motifs is 3. The minimum absolute atomic E-state index is 0.506. The highest BCUT2D eigenvalue weighted by atomic mass is 32.2. The summed E-state index contributed by atoms with van der Waals surface area (Å²) in [5.41, 5.74) is 9.02. The Bertz CT molecular complexity index is 891. The Balaban J connectivity index is 1.79. The fraction of sp³-hybridized carbons (Fsp3) is 0.524. The second-order valence-corrected chi connectivity index (χ2v) is 8.71. The third-order valence-corrected chi connectivity index (χ3v) is 5.70. The number of nitrogens with zero attached hydrogens (tertiary/aromatic N) is 3. The van der Waals surface area contributed by atoms with E-state index in [1.807, 2.05) is 30.0 Å². The van der Waals surface area contributed by atoms with Gasteiger partial charge in [0.2, 0.25) is 0 Å². The van der Waals surface area contributed by atoms with Crippen LogP contribution in [0.1, 0.15) is 39.4 Å². The molecule has 2 aromatic heterocycles. The number of aryl methyl sites for hydroxylation is 1. The number of thioether (sulfide) groups is 1. The summed E-state index contributed by atoms with van der Waals surface area (Å²) in [5.74, 6) is 2.72. The highest BCUT2D eigenvalue weighted by Gasteiger charge is 2.16. The van der Waals surface area contributed by atoms with Crippen molar-refractivity contribution in [3.8, 4) is 0 Å². The predicted molar refractivity (Wildman–Crippen MR) is 116 cm³/mol. The molecule has 0 spiro atoms. The Morgan fingerprint density at radius 1 is 1.19 bits per heavy atom. The summed E-state index contributed by atoms with van der Waals surface area (Å²) in [5, 5.41) is 1.79. The average Bonchev–Trinajstić information content (AvgIpc) is 3.00.